The molecular weight excluding hydrogens is 297 g/mol. The van der Waals surface area contributed by atoms with E-state index in [4.69, 9.17) is 4.74 Å². The minimum atomic E-state index is -0.533. The molecule has 0 N–H and O–H groups in total. The Hall–Kier alpha value is -1.91. The average Bonchev–Trinajstić information content (AvgIpc) is 2.72. The molecule has 1 aliphatic heterocycles. The summed E-state index contributed by atoms with van der Waals surface area (Å²) in [7, 11) is 0. The number of piperidine rings is 1. The second kappa shape index (κ2) is 5.32. The maximum atomic E-state index is 14.3. The second-order valence-electron chi connectivity index (χ2n) is 7.51. The number of amides is 1. The molecule has 1 amide bonds. The predicted molar refractivity (Wildman–Crippen MR) is 84.1 cm³/mol. The van der Waals surface area contributed by atoms with Gasteiger partial charge in [-0.1, -0.05) is 12.1 Å². The number of carbonyl (C=O) groups is 2. The first kappa shape index (κ1) is 16.0. The van der Waals surface area contributed by atoms with Gasteiger partial charge in [0.1, 0.15) is 11.4 Å². The Morgan fingerprint density at radius 3 is 2.52 bits per heavy atom. The normalized spacial score (nSPS) is 19.8. The van der Waals surface area contributed by atoms with Crippen molar-refractivity contribution in [1.82, 2.24) is 4.90 Å². The van der Waals surface area contributed by atoms with Crippen molar-refractivity contribution in [3.63, 3.8) is 0 Å². The molecule has 0 unspecified atom stereocenters. The fourth-order valence-corrected chi connectivity index (χ4v) is 3.66. The summed E-state index contributed by atoms with van der Waals surface area (Å²) >= 11 is 0. The number of halogens is 1. The standard InChI is InChI=1S/C18H22FNO3/c1-17(2,3)23-16(22)20-9-7-18(8-10-20)11-14(21)12-5-4-6-13(19)15(12)18/h4-6H,7-11H2,1-3H3. The van der Waals surface area contributed by atoms with E-state index < -0.39 is 11.0 Å². The van der Waals surface area contributed by atoms with E-state index >= 15 is 0 Å². The second-order valence-corrected chi connectivity index (χ2v) is 7.51. The number of rotatable bonds is 0. The molecule has 2 aliphatic rings. The molecule has 5 heteroatoms. The van der Waals surface area contributed by atoms with Crippen LogP contribution in [-0.4, -0.2) is 35.5 Å². The van der Waals surface area contributed by atoms with Crippen molar-refractivity contribution >= 4 is 11.9 Å². The highest BCUT2D eigenvalue weighted by Crippen LogP contribution is 2.47. The molecule has 1 aromatic carbocycles. The van der Waals surface area contributed by atoms with Gasteiger partial charge in [-0.3, -0.25) is 4.79 Å². The molecule has 1 aliphatic carbocycles. The van der Waals surface area contributed by atoms with Gasteiger partial charge in [0.2, 0.25) is 0 Å². The maximum Gasteiger partial charge on any atom is 0.410 e. The van der Waals surface area contributed by atoms with Crippen molar-refractivity contribution in [1.29, 1.82) is 0 Å². The van der Waals surface area contributed by atoms with E-state index in [2.05, 4.69) is 0 Å². The van der Waals surface area contributed by atoms with E-state index in [1.807, 2.05) is 20.8 Å². The van der Waals surface area contributed by atoms with Crippen LogP contribution in [0.5, 0.6) is 0 Å². The molecule has 1 fully saturated rings. The third kappa shape index (κ3) is 2.84. The van der Waals surface area contributed by atoms with Gasteiger partial charge >= 0.3 is 6.09 Å². The maximum absolute atomic E-state index is 14.3. The van der Waals surface area contributed by atoms with Gasteiger partial charge in [0.15, 0.2) is 5.78 Å². The van der Waals surface area contributed by atoms with Crippen LogP contribution < -0.4 is 0 Å². The van der Waals surface area contributed by atoms with Gasteiger partial charge in [-0.25, -0.2) is 9.18 Å². The van der Waals surface area contributed by atoms with Crippen LogP contribution in [0, 0.1) is 5.82 Å². The summed E-state index contributed by atoms with van der Waals surface area (Å²) in [6.45, 7) is 6.46. The predicted octanol–water partition coefficient (Wildman–Crippen LogP) is 3.68. The van der Waals surface area contributed by atoms with Crippen LogP contribution in [0.15, 0.2) is 18.2 Å². The summed E-state index contributed by atoms with van der Waals surface area (Å²) in [5.74, 6) is -0.302. The minimum absolute atomic E-state index is 0.00483. The molecule has 0 aromatic heterocycles. The van der Waals surface area contributed by atoms with Crippen molar-refractivity contribution < 1.29 is 18.7 Å². The number of carbonyl (C=O) groups excluding carboxylic acids is 2. The SMILES string of the molecule is CC(C)(C)OC(=O)N1CCC2(CC1)CC(=O)c1cccc(F)c12. The topological polar surface area (TPSA) is 46.6 Å². The zero-order chi connectivity index (χ0) is 16.8. The first-order chi connectivity index (χ1) is 10.7. The molecule has 0 bridgehead atoms. The Morgan fingerprint density at radius 2 is 1.91 bits per heavy atom. The Balaban J connectivity index is 1.78. The van der Waals surface area contributed by atoms with Crippen LogP contribution in [-0.2, 0) is 10.2 Å². The number of nitrogens with zero attached hydrogens (tertiary/aromatic N) is 1. The van der Waals surface area contributed by atoms with E-state index in [9.17, 15) is 14.0 Å². The molecule has 0 radical (unpaired) electrons. The molecule has 4 nitrogen and oxygen atoms in total. The molecule has 3 rings (SSSR count). The van der Waals surface area contributed by atoms with Crippen LogP contribution in [0.4, 0.5) is 9.18 Å². The third-order valence-corrected chi connectivity index (χ3v) is 4.72. The molecule has 0 saturated carbocycles. The first-order valence-corrected chi connectivity index (χ1v) is 8.02. The molecule has 1 saturated heterocycles. The van der Waals surface area contributed by atoms with Gasteiger partial charge in [-0.2, -0.15) is 0 Å². The zero-order valence-electron chi connectivity index (χ0n) is 13.8. The molecule has 1 spiro atoms. The Bertz CT molecular complexity index is 655. The molecular formula is C18H22FNO3. The quantitative estimate of drug-likeness (QED) is 0.733. The highest BCUT2D eigenvalue weighted by atomic mass is 19.1. The van der Waals surface area contributed by atoms with Crippen LogP contribution >= 0.6 is 0 Å². The van der Waals surface area contributed by atoms with Crippen molar-refractivity contribution in [3.05, 3.63) is 35.1 Å². The average molecular weight is 319 g/mol. The lowest BCUT2D eigenvalue weighted by atomic mass is 9.73. The Morgan fingerprint density at radius 1 is 1.26 bits per heavy atom. The summed E-state index contributed by atoms with van der Waals surface area (Å²) in [5, 5.41) is 0. The van der Waals surface area contributed by atoms with Crippen LogP contribution in [0.2, 0.25) is 0 Å². The summed E-state index contributed by atoms with van der Waals surface area (Å²) in [4.78, 5) is 26.0. The summed E-state index contributed by atoms with van der Waals surface area (Å²) in [5.41, 5.74) is 0.0643. The number of ether oxygens (including phenoxy) is 1. The molecule has 23 heavy (non-hydrogen) atoms. The fourth-order valence-electron chi connectivity index (χ4n) is 3.66. The van der Waals surface area contributed by atoms with Gasteiger partial charge in [0.25, 0.3) is 0 Å². The molecule has 1 aromatic rings. The number of Topliss-reactive ketones (excluding diaryl/α,β-unsaturated/α-hetero) is 1. The van der Waals surface area contributed by atoms with Gasteiger partial charge < -0.3 is 9.64 Å². The van der Waals surface area contributed by atoms with E-state index in [1.165, 1.54) is 6.07 Å². The van der Waals surface area contributed by atoms with Gasteiger partial charge in [-0.05, 0) is 39.7 Å². The lowest BCUT2D eigenvalue weighted by Crippen LogP contribution is -2.46. The van der Waals surface area contributed by atoms with Crippen molar-refractivity contribution in [3.8, 4) is 0 Å². The van der Waals surface area contributed by atoms with Gasteiger partial charge in [-0.15, -0.1) is 0 Å². The smallest absolute Gasteiger partial charge is 0.410 e. The van der Waals surface area contributed by atoms with E-state index in [0.717, 1.165) is 0 Å². The van der Waals surface area contributed by atoms with Crippen LogP contribution in [0.3, 0.4) is 0 Å². The minimum Gasteiger partial charge on any atom is -0.444 e. The lowest BCUT2D eigenvalue weighted by molar-refractivity contribution is 0.0164. The molecule has 124 valence electrons. The summed E-state index contributed by atoms with van der Waals surface area (Å²) < 4.78 is 19.7. The lowest BCUT2D eigenvalue weighted by Gasteiger charge is -2.40. The number of hydrogen-bond acceptors (Lipinski definition) is 3. The van der Waals surface area contributed by atoms with Gasteiger partial charge in [0, 0.05) is 36.1 Å². The van der Waals surface area contributed by atoms with Crippen molar-refractivity contribution in [2.24, 2.45) is 0 Å². The molecule has 0 atom stereocenters. The number of fused-ring (bicyclic) bond motifs is 2. The number of hydrogen-bond donors (Lipinski definition) is 0. The highest BCUT2D eigenvalue weighted by Gasteiger charge is 2.47. The Kier molecular flexibility index (Phi) is 3.69. The largest absolute Gasteiger partial charge is 0.444 e. The third-order valence-electron chi connectivity index (χ3n) is 4.72. The molecule has 1 heterocycles. The van der Waals surface area contributed by atoms with E-state index in [1.54, 1.807) is 17.0 Å². The zero-order valence-corrected chi connectivity index (χ0v) is 13.8. The fraction of sp³-hybridized carbons (Fsp3) is 0.556. The Labute approximate surface area is 135 Å². The first-order valence-electron chi connectivity index (χ1n) is 8.02. The van der Waals surface area contributed by atoms with E-state index in [0.29, 0.717) is 43.5 Å². The summed E-state index contributed by atoms with van der Waals surface area (Å²) in [6, 6.07) is 4.70. The number of ketones is 1. The van der Waals surface area contributed by atoms with E-state index in [-0.39, 0.29) is 17.7 Å². The monoisotopic (exact) mass is 319 g/mol. The van der Waals surface area contributed by atoms with Crippen molar-refractivity contribution in [2.75, 3.05) is 13.1 Å². The highest BCUT2D eigenvalue weighted by molar-refractivity contribution is 6.02. The van der Waals surface area contributed by atoms with Gasteiger partial charge in [0.05, 0.1) is 0 Å². The number of likely N-dealkylation sites (tertiary alicyclic amines) is 1. The number of benzene rings is 1. The van der Waals surface area contributed by atoms with Crippen LogP contribution in [0.1, 0.15) is 56.0 Å². The summed E-state index contributed by atoms with van der Waals surface area (Å²) in [6.07, 6.45) is 1.17. The van der Waals surface area contributed by atoms with Crippen LogP contribution in [0.25, 0.3) is 0 Å². The van der Waals surface area contributed by atoms with Crippen molar-refractivity contribution in [2.45, 2.75) is 51.0 Å².